The Labute approximate surface area is 147 Å². The Morgan fingerprint density at radius 1 is 1.16 bits per heavy atom. The van der Waals surface area contributed by atoms with E-state index in [1.807, 2.05) is 11.0 Å². The molecular weight excluding hydrogens is 344 g/mol. The van der Waals surface area contributed by atoms with Crippen LogP contribution in [0.2, 0.25) is 0 Å². The van der Waals surface area contributed by atoms with E-state index in [-0.39, 0.29) is 42.0 Å². The zero-order valence-electron chi connectivity index (χ0n) is 14.1. The van der Waals surface area contributed by atoms with Crippen LogP contribution in [0.25, 0.3) is 0 Å². The topological polar surface area (TPSA) is 91.1 Å². The van der Waals surface area contributed by atoms with Crippen LogP contribution in [0, 0.1) is 5.92 Å². The highest BCUT2D eigenvalue weighted by atomic mass is 32.2. The van der Waals surface area contributed by atoms with Gasteiger partial charge in [0.2, 0.25) is 5.91 Å². The molecule has 3 fully saturated rings. The number of fused-ring (bicyclic) bond motifs is 1. The molecule has 1 aromatic rings. The van der Waals surface area contributed by atoms with E-state index in [1.165, 1.54) is 0 Å². The SMILES string of the molecule is O=C(C1CCC1)N1CCN(Cc2ccc(CO)o2)[C@H]2CS(=O)(=O)C[C@H]21. The molecule has 7 nitrogen and oxygen atoms in total. The molecule has 3 aliphatic rings. The summed E-state index contributed by atoms with van der Waals surface area (Å²) in [6, 6.07) is 3.12. The predicted octanol–water partition coefficient (Wildman–Crippen LogP) is 0.382. The van der Waals surface area contributed by atoms with E-state index in [0.29, 0.717) is 31.2 Å². The molecule has 0 radical (unpaired) electrons. The van der Waals surface area contributed by atoms with Gasteiger partial charge < -0.3 is 14.4 Å². The van der Waals surface area contributed by atoms with E-state index >= 15 is 0 Å². The average Bonchev–Trinajstić information content (AvgIpc) is 3.08. The van der Waals surface area contributed by atoms with Crippen LogP contribution in [-0.2, 0) is 27.8 Å². The van der Waals surface area contributed by atoms with E-state index in [9.17, 15) is 13.2 Å². The summed E-state index contributed by atoms with van der Waals surface area (Å²) in [7, 11) is -3.14. The molecule has 1 aliphatic carbocycles. The van der Waals surface area contributed by atoms with Gasteiger partial charge in [-0.1, -0.05) is 6.42 Å². The molecule has 3 heterocycles. The molecule has 0 aromatic carbocycles. The van der Waals surface area contributed by atoms with Gasteiger partial charge in [0.15, 0.2) is 9.84 Å². The summed E-state index contributed by atoms with van der Waals surface area (Å²) >= 11 is 0. The summed E-state index contributed by atoms with van der Waals surface area (Å²) in [5, 5.41) is 9.12. The number of rotatable bonds is 4. The first kappa shape index (κ1) is 17.1. The zero-order chi connectivity index (χ0) is 17.6. The van der Waals surface area contributed by atoms with Crippen LogP contribution in [0.15, 0.2) is 16.5 Å². The second-order valence-corrected chi connectivity index (χ2v) is 9.52. The number of piperazine rings is 1. The van der Waals surface area contributed by atoms with E-state index in [1.54, 1.807) is 6.07 Å². The lowest BCUT2D eigenvalue weighted by atomic mass is 9.83. The largest absolute Gasteiger partial charge is 0.462 e. The van der Waals surface area contributed by atoms with Crippen molar-refractivity contribution < 1.29 is 22.7 Å². The zero-order valence-corrected chi connectivity index (χ0v) is 15.0. The van der Waals surface area contributed by atoms with Gasteiger partial charge in [-0.2, -0.15) is 0 Å². The number of hydrogen-bond acceptors (Lipinski definition) is 6. The Kier molecular flexibility index (Phi) is 4.37. The number of aliphatic hydroxyl groups excluding tert-OH is 1. The van der Waals surface area contributed by atoms with Gasteiger partial charge in [-0.05, 0) is 25.0 Å². The lowest BCUT2D eigenvalue weighted by Gasteiger charge is -2.45. The van der Waals surface area contributed by atoms with Crippen molar-refractivity contribution in [2.75, 3.05) is 24.6 Å². The van der Waals surface area contributed by atoms with E-state index in [4.69, 9.17) is 9.52 Å². The lowest BCUT2D eigenvalue weighted by molar-refractivity contribution is -0.144. The predicted molar refractivity (Wildman–Crippen MR) is 90.3 cm³/mol. The molecule has 0 unspecified atom stereocenters. The summed E-state index contributed by atoms with van der Waals surface area (Å²) in [6.07, 6.45) is 2.95. The number of hydrogen-bond donors (Lipinski definition) is 1. The normalized spacial score (nSPS) is 29.4. The third-order valence-corrected chi connectivity index (χ3v) is 7.46. The molecule has 1 amide bonds. The van der Waals surface area contributed by atoms with Gasteiger partial charge in [-0.15, -0.1) is 0 Å². The molecule has 1 aromatic heterocycles. The first-order valence-electron chi connectivity index (χ1n) is 8.90. The summed E-state index contributed by atoms with van der Waals surface area (Å²) in [5.74, 6) is 1.60. The summed E-state index contributed by atoms with van der Waals surface area (Å²) in [4.78, 5) is 16.6. The number of furan rings is 1. The molecule has 2 aliphatic heterocycles. The van der Waals surface area contributed by atoms with Crippen LogP contribution in [-0.4, -0.2) is 65.9 Å². The smallest absolute Gasteiger partial charge is 0.226 e. The molecule has 1 N–H and O–H groups in total. The molecule has 0 bridgehead atoms. The van der Waals surface area contributed by atoms with Crippen LogP contribution in [0.5, 0.6) is 0 Å². The van der Waals surface area contributed by atoms with Gasteiger partial charge in [0, 0.05) is 25.0 Å². The highest BCUT2D eigenvalue weighted by Gasteiger charge is 2.49. The van der Waals surface area contributed by atoms with E-state index in [2.05, 4.69) is 4.90 Å². The average molecular weight is 368 g/mol. The second kappa shape index (κ2) is 6.41. The standard InChI is InChI=1S/C17H24N2O5S/c20-9-14-5-4-13(24-14)8-18-6-7-19(17(21)12-2-1-3-12)16-11-25(22,23)10-15(16)18/h4-5,12,15-16,20H,1-3,6-11H2/t15-,16+/m0/s1. The van der Waals surface area contributed by atoms with Gasteiger partial charge in [0.25, 0.3) is 0 Å². The maximum Gasteiger partial charge on any atom is 0.226 e. The second-order valence-electron chi connectivity index (χ2n) is 7.37. The Balaban J connectivity index is 1.52. The van der Waals surface area contributed by atoms with Crippen molar-refractivity contribution in [1.82, 2.24) is 9.80 Å². The van der Waals surface area contributed by atoms with Gasteiger partial charge in [0.05, 0.1) is 24.1 Å². The third kappa shape index (κ3) is 3.22. The van der Waals surface area contributed by atoms with Crippen molar-refractivity contribution in [2.45, 2.75) is 44.5 Å². The molecule has 25 heavy (non-hydrogen) atoms. The van der Waals surface area contributed by atoms with Crippen molar-refractivity contribution in [1.29, 1.82) is 0 Å². The molecular formula is C17H24N2O5S. The number of sulfone groups is 1. The highest BCUT2D eigenvalue weighted by Crippen LogP contribution is 2.34. The summed E-state index contributed by atoms with van der Waals surface area (Å²) in [6.45, 7) is 1.57. The van der Waals surface area contributed by atoms with Crippen LogP contribution >= 0.6 is 0 Å². The fourth-order valence-corrected chi connectivity index (χ4v) is 6.19. The Hall–Kier alpha value is -1.38. The van der Waals surface area contributed by atoms with E-state index in [0.717, 1.165) is 19.3 Å². The number of nitrogens with zero attached hydrogens (tertiary/aromatic N) is 2. The van der Waals surface area contributed by atoms with Crippen LogP contribution < -0.4 is 0 Å². The minimum absolute atomic E-state index is 0.0622. The van der Waals surface area contributed by atoms with Crippen LogP contribution in [0.3, 0.4) is 0 Å². The Morgan fingerprint density at radius 2 is 1.88 bits per heavy atom. The van der Waals surface area contributed by atoms with Gasteiger partial charge >= 0.3 is 0 Å². The Bertz CT molecular complexity index is 755. The number of aliphatic hydroxyl groups is 1. The third-order valence-electron chi connectivity index (χ3n) is 5.76. The van der Waals surface area contributed by atoms with Crippen LogP contribution in [0.1, 0.15) is 30.8 Å². The lowest BCUT2D eigenvalue weighted by Crippen LogP contribution is -2.61. The fraction of sp³-hybridized carbons (Fsp3) is 0.706. The molecule has 4 rings (SSSR count). The molecule has 8 heteroatoms. The van der Waals surface area contributed by atoms with Gasteiger partial charge in [-0.25, -0.2) is 8.42 Å². The Morgan fingerprint density at radius 3 is 2.52 bits per heavy atom. The first-order valence-corrected chi connectivity index (χ1v) is 10.7. The number of carbonyl (C=O) groups is 1. The van der Waals surface area contributed by atoms with Crippen molar-refractivity contribution in [3.05, 3.63) is 23.7 Å². The van der Waals surface area contributed by atoms with Crippen LogP contribution in [0.4, 0.5) is 0 Å². The molecule has 1 saturated carbocycles. The summed E-state index contributed by atoms with van der Waals surface area (Å²) < 4.78 is 30.0. The van der Waals surface area contributed by atoms with E-state index < -0.39 is 9.84 Å². The number of amides is 1. The number of carbonyl (C=O) groups excluding carboxylic acids is 1. The van der Waals surface area contributed by atoms with Crippen molar-refractivity contribution >= 4 is 15.7 Å². The molecule has 138 valence electrons. The highest BCUT2D eigenvalue weighted by molar-refractivity contribution is 7.91. The first-order chi connectivity index (χ1) is 12.0. The minimum atomic E-state index is -3.14. The maximum atomic E-state index is 12.7. The monoisotopic (exact) mass is 368 g/mol. The molecule has 2 saturated heterocycles. The van der Waals surface area contributed by atoms with Crippen molar-refractivity contribution in [2.24, 2.45) is 5.92 Å². The fourth-order valence-electron chi connectivity index (χ4n) is 4.18. The van der Waals surface area contributed by atoms with Gasteiger partial charge in [-0.3, -0.25) is 9.69 Å². The molecule has 0 spiro atoms. The maximum absolute atomic E-state index is 12.7. The molecule has 2 atom stereocenters. The van der Waals surface area contributed by atoms with Crippen molar-refractivity contribution in [3.8, 4) is 0 Å². The quantitative estimate of drug-likeness (QED) is 0.826. The van der Waals surface area contributed by atoms with Crippen molar-refractivity contribution in [3.63, 3.8) is 0 Å². The summed E-state index contributed by atoms with van der Waals surface area (Å²) in [5.41, 5.74) is 0. The van der Waals surface area contributed by atoms with Gasteiger partial charge in [0.1, 0.15) is 18.1 Å². The minimum Gasteiger partial charge on any atom is -0.462 e.